The van der Waals surface area contributed by atoms with Gasteiger partial charge in [0.1, 0.15) is 5.75 Å². The quantitative estimate of drug-likeness (QED) is 0.911. The lowest BCUT2D eigenvalue weighted by Crippen LogP contribution is -2.21. The Morgan fingerprint density at radius 2 is 2.00 bits per heavy atom. The highest BCUT2D eigenvalue weighted by Gasteiger charge is 2.16. The zero-order valence-electron chi connectivity index (χ0n) is 12.4. The standard InChI is InChI=1S/C18H18N2O2/c1-22-15-7-3-12(4-8-15)16-9-5-13-2-6-14(10-17(13)16)20-18(21)11-19/h2-4,6-10H,5,11,19H2,1H3,(H,20,21). The first kappa shape index (κ1) is 14.4. The maximum atomic E-state index is 11.4. The molecule has 0 spiro atoms. The number of amides is 1. The Morgan fingerprint density at radius 1 is 1.23 bits per heavy atom. The van der Waals surface area contributed by atoms with Gasteiger partial charge in [0.2, 0.25) is 5.91 Å². The minimum absolute atomic E-state index is 0.0156. The van der Waals surface area contributed by atoms with Crippen molar-refractivity contribution < 1.29 is 9.53 Å². The summed E-state index contributed by atoms with van der Waals surface area (Å²) in [5.41, 5.74) is 10.9. The monoisotopic (exact) mass is 294 g/mol. The van der Waals surface area contributed by atoms with E-state index >= 15 is 0 Å². The fourth-order valence-electron chi connectivity index (χ4n) is 2.66. The van der Waals surface area contributed by atoms with Crippen molar-refractivity contribution in [1.82, 2.24) is 0 Å². The van der Waals surface area contributed by atoms with Crippen LogP contribution in [-0.2, 0) is 11.2 Å². The van der Waals surface area contributed by atoms with Gasteiger partial charge in [-0.15, -0.1) is 0 Å². The van der Waals surface area contributed by atoms with Crippen molar-refractivity contribution in [3.63, 3.8) is 0 Å². The van der Waals surface area contributed by atoms with E-state index in [0.717, 1.165) is 29.0 Å². The average Bonchev–Trinajstić information content (AvgIpc) is 2.98. The normalized spacial score (nSPS) is 12.5. The minimum Gasteiger partial charge on any atom is -0.497 e. The van der Waals surface area contributed by atoms with E-state index in [0.29, 0.717) is 0 Å². The van der Waals surface area contributed by atoms with Crippen molar-refractivity contribution in [2.24, 2.45) is 5.73 Å². The molecule has 1 aliphatic carbocycles. The highest BCUT2D eigenvalue weighted by Crippen LogP contribution is 2.35. The van der Waals surface area contributed by atoms with E-state index < -0.39 is 0 Å². The van der Waals surface area contributed by atoms with E-state index in [1.165, 1.54) is 11.1 Å². The summed E-state index contributed by atoms with van der Waals surface area (Å²) in [4.78, 5) is 11.4. The molecule has 0 saturated heterocycles. The van der Waals surface area contributed by atoms with Gasteiger partial charge in [0, 0.05) is 5.69 Å². The van der Waals surface area contributed by atoms with Crippen LogP contribution in [0.25, 0.3) is 5.57 Å². The Bertz CT molecular complexity index is 733. The van der Waals surface area contributed by atoms with Crippen molar-refractivity contribution in [2.45, 2.75) is 6.42 Å². The SMILES string of the molecule is COc1ccc(C2=CCc3ccc(NC(=O)CN)cc32)cc1. The summed E-state index contributed by atoms with van der Waals surface area (Å²) < 4.78 is 5.20. The molecule has 0 unspecified atom stereocenters. The lowest BCUT2D eigenvalue weighted by molar-refractivity contribution is -0.114. The van der Waals surface area contributed by atoms with E-state index in [1.807, 2.05) is 36.4 Å². The van der Waals surface area contributed by atoms with Crippen molar-refractivity contribution in [3.8, 4) is 5.75 Å². The number of carbonyl (C=O) groups is 1. The number of anilines is 1. The summed E-state index contributed by atoms with van der Waals surface area (Å²) >= 11 is 0. The van der Waals surface area contributed by atoms with Crippen LogP contribution in [0.3, 0.4) is 0 Å². The van der Waals surface area contributed by atoms with Gasteiger partial charge in [-0.1, -0.05) is 24.3 Å². The molecule has 2 aromatic carbocycles. The van der Waals surface area contributed by atoms with Gasteiger partial charge in [-0.25, -0.2) is 0 Å². The van der Waals surface area contributed by atoms with E-state index in [1.54, 1.807) is 7.11 Å². The zero-order chi connectivity index (χ0) is 15.5. The van der Waals surface area contributed by atoms with Crippen LogP contribution in [0.2, 0.25) is 0 Å². The van der Waals surface area contributed by atoms with Gasteiger partial charge >= 0.3 is 0 Å². The molecule has 0 aromatic heterocycles. The highest BCUT2D eigenvalue weighted by molar-refractivity contribution is 5.94. The second-order valence-corrected chi connectivity index (χ2v) is 5.17. The molecule has 0 aliphatic heterocycles. The van der Waals surface area contributed by atoms with Crippen LogP contribution >= 0.6 is 0 Å². The van der Waals surface area contributed by atoms with Gasteiger partial charge in [-0.3, -0.25) is 4.79 Å². The molecule has 1 aliphatic rings. The number of hydrogen-bond acceptors (Lipinski definition) is 3. The molecule has 4 heteroatoms. The lowest BCUT2D eigenvalue weighted by atomic mass is 9.98. The molecule has 1 amide bonds. The third-order valence-electron chi connectivity index (χ3n) is 3.80. The summed E-state index contributed by atoms with van der Waals surface area (Å²) in [6, 6.07) is 14.0. The maximum Gasteiger partial charge on any atom is 0.238 e. The first-order valence-corrected chi connectivity index (χ1v) is 7.19. The van der Waals surface area contributed by atoms with Crippen LogP contribution in [0.5, 0.6) is 5.75 Å². The van der Waals surface area contributed by atoms with Gasteiger partial charge in [-0.05, 0) is 52.9 Å². The van der Waals surface area contributed by atoms with Crippen LogP contribution in [0.4, 0.5) is 5.69 Å². The lowest BCUT2D eigenvalue weighted by Gasteiger charge is -2.10. The number of nitrogens with two attached hydrogens (primary N) is 1. The van der Waals surface area contributed by atoms with Crippen LogP contribution in [0.1, 0.15) is 16.7 Å². The van der Waals surface area contributed by atoms with E-state index in [-0.39, 0.29) is 12.5 Å². The third-order valence-corrected chi connectivity index (χ3v) is 3.80. The Hall–Kier alpha value is -2.59. The maximum absolute atomic E-state index is 11.4. The molecular weight excluding hydrogens is 276 g/mol. The number of rotatable bonds is 4. The number of hydrogen-bond donors (Lipinski definition) is 2. The van der Waals surface area contributed by atoms with E-state index in [9.17, 15) is 4.79 Å². The number of methoxy groups -OCH3 is 1. The smallest absolute Gasteiger partial charge is 0.238 e. The molecule has 22 heavy (non-hydrogen) atoms. The molecule has 0 saturated carbocycles. The number of allylic oxidation sites excluding steroid dienone is 1. The molecule has 3 N–H and O–H groups in total. The van der Waals surface area contributed by atoms with Crippen LogP contribution in [0, 0.1) is 0 Å². The number of nitrogens with one attached hydrogen (secondary N) is 1. The van der Waals surface area contributed by atoms with Crippen molar-refractivity contribution in [1.29, 1.82) is 0 Å². The predicted molar refractivity (Wildman–Crippen MR) is 87.9 cm³/mol. The Balaban J connectivity index is 1.91. The predicted octanol–water partition coefficient (Wildman–Crippen LogP) is 2.58. The summed E-state index contributed by atoms with van der Waals surface area (Å²) in [6.07, 6.45) is 3.11. The second kappa shape index (κ2) is 6.03. The molecule has 4 nitrogen and oxygen atoms in total. The number of ether oxygens (including phenoxy) is 1. The van der Waals surface area contributed by atoms with Gasteiger partial charge < -0.3 is 15.8 Å². The van der Waals surface area contributed by atoms with E-state index in [4.69, 9.17) is 10.5 Å². The summed E-state index contributed by atoms with van der Waals surface area (Å²) in [7, 11) is 1.66. The summed E-state index contributed by atoms with van der Waals surface area (Å²) in [6.45, 7) is -0.0156. The summed E-state index contributed by atoms with van der Waals surface area (Å²) in [5, 5.41) is 2.80. The molecule has 3 rings (SSSR count). The Morgan fingerprint density at radius 3 is 2.68 bits per heavy atom. The molecule has 112 valence electrons. The average molecular weight is 294 g/mol. The molecule has 0 bridgehead atoms. The Kier molecular flexibility index (Phi) is 3.94. The van der Waals surface area contributed by atoms with Gasteiger partial charge in [-0.2, -0.15) is 0 Å². The fraction of sp³-hybridized carbons (Fsp3) is 0.167. The largest absolute Gasteiger partial charge is 0.497 e. The fourth-order valence-corrected chi connectivity index (χ4v) is 2.66. The van der Waals surface area contributed by atoms with Crippen LogP contribution < -0.4 is 15.8 Å². The number of fused-ring (bicyclic) bond motifs is 1. The number of carbonyl (C=O) groups excluding carboxylic acids is 1. The minimum atomic E-state index is -0.187. The topological polar surface area (TPSA) is 64.3 Å². The van der Waals surface area contributed by atoms with E-state index in [2.05, 4.69) is 17.5 Å². The molecular formula is C18H18N2O2. The van der Waals surface area contributed by atoms with Gasteiger partial charge in [0.05, 0.1) is 13.7 Å². The molecule has 0 fully saturated rings. The van der Waals surface area contributed by atoms with Crippen LogP contribution in [-0.4, -0.2) is 19.6 Å². The summed E-state index contributed by atoms with van der Waals surface area (Å²) in [5.74, 6) is 0.652. The van der Waals surface area contributed by atoms with Gasteiger partial charge in [0.15, 0.2) is 0 Å². The van der Waals surface area contributed by atoms with Gasteiger partial charge in [0.25, 0.3) is 0 Å². The molecule has 2 aromatic rings. The zero-order valence-corrected chi connectivity index (χ0v) is 12.4. The molecule has 0 heterocycles. The van der Waals surface area contributed by atoms with Crippen molar-refractivity contribution >= 4 is 17.2 Å². The highest BCUT2D eigenvalue weighted by atomic mass is 16.5. The van der Waals surface area contributed by atoms with Crippen LogP contribution in [0.15, 0.2) is 48.5 Å². The first-order chi connectivity index (χ1) is 10.7. The first-order valence-electron chi connectivity index (χ1n) is 7.19. The van der Waals surface area contributed by atoms with Crippen molar-refractivity contribution in [2.75, 3.05) is 19.0 Å². The Labute approximate surface area is 129 Å². The molecule has 0 radical (unpaired) electrons. The third kappa shape index (κ3) is 2.73. The second-order valence-electron chi connectivity index (χ2n) is 5.17. The van der Waals surface area contributed by atoms with Crippen molar-refractivity contribution in [3.05, 3.63) is 65.2 Å². The number of benzene rings is 2. The molecule has 0 atom stereocenters.